The highest BCUT2D eigenvalue weighted by molar-refractivity contribution is 7.85. The molecule has 1 amide bonds. The summed E-state index contributed by atoms with van der Waals surface area (Å²) >= 11 is 1.40. The number of nitrogens with zero attached hydrogens (tertiary/aromatic N) is 3. The van der Waals surface area contributed by atoms with Crippen LogP contribution in [0.3, 0.4) is 0 Å². The van der Waals surface area contributed by atoms with Gasteiger partial charge >= 0.3 is 0 Å². The van der Waals surface area contributed by atoms with Crippen molar-refractivity contribution < 1.29 is 17.8 Å². The quantitative estimate of drug-likeness (QED) is 0.472. The van der Waals surface area contributed by atoms with E-state index in [4.69, 9.17) is 4.55 Å². The van der Waals surface area contributed by atoms with E-state index in [1.54, 1.807) is 0 Å². The minimum atomic E-state index is -3.92. The largest absolute Gasteiger partial charge is 0.300 e. The first-order chi connectivity index (χ1) is 15.9. The summed E-state index contributed by atoms with van der Waals surface area (Å²) in [5.74, 6) is -0.423. The van der Waals surface area contributed by atoms with Gasteiger partial charge in [0.05, 0.1) is 11.4 Å². The summed E-state index contributed by atoms with van der Waals surface area (Å²) in [5.41, 5.74) is 3.53. The van der Waals surface area contributed by atoms with Crippen LogP contribution in [0.1, 0.15) is 15.9 Å². The Balaban J connectivity index is 1.26. The molecule has 2 aromatic carbocycles. The highest BCUT2D eigenvalue weighted by Crippen LogP contribution is 2.25. The van der Waals surface area contributed by atoms with E-state index >= 15 is 0 Å². The van der Waals surface area contributed by atoms with Crippen LogP contribution < -0.4 is 5.32 Å². The van der Waals surface area contributed by atoms with Crippen molar-refractivity contribution in [3.05, 3.63) is 71.1 Å². The summed E-state index contributed by atoms with van der Waals surface area (Å²) < 4.78 is 30.7. The molecular weight excluding hydrogens is 460 g/mol. The maximum atomic E-state index is 12.6. The average molecular weight is 487 g/mol. The lowest BCUT2D eigenvalue weighted by atomic mass is 10.1. The molecule has 0 bridgehead atoms. The van der Waals surface area contributed by atoms with E-state index in [2.05, 4.69) is 15.2 Å². The first kappa shape index (κ1) is 23.5. The lowest BCUT2D eigenvalue weighted by Gasteiger charge is -2.34. The Kier molecular flexibility index (Phi) is 7.51. The van der Waals surface area contributed by atoms with Crippen molar-refractivity contribution in [1.29, 1.82) is 0 Å². The second-order valence-electron chi connectivity index (χ2n) is 7.96. The fourth-order valence-corrected chi connectivity index (χ4v) is 4.88. The summed E-state index contributed by atoms with van der Waals surface area (Å²) in [4.78, 5) is 21.4. The van der Waals surface area contributed by atoms with Crippen LogP contribution in [0.25, 0.3) is 11.3 Å². The molecule has 174 valence electrons. The van der Waals surface area contributed by atoms with E-state index in [-0.39, 0.29) is 11.7 Å². The summed E-state index contributed by atoms with van der Waals surface area (Å²) in [6.45, 7) is 4.27. The highest BCUT2D eigenvalue weighted by atomic mass is 32.2. The SMILES string of the molecule is O=C(Nc1nc(-c2ccccc2)cs1)c1ccc(CN2CCN(CCS(=O)(=O)O)CC2)cc1. The molecule has 33 heavy (non-hydrogen) atoms. The Labute approximate surface area is 197 Å². The molecule has 1 saturated heterocycles. The van der Waals surface area contributed by atoms with E-state index in [1.165, 1.54) is 11.3 Å². The topological polar surface area (TPSA) is 103 Å². The molecule has 0 spiro atoms. The summed E-state index contributed by atoms with van der Waals surface area (Å²) in [5, 5.41) is 5.36. The molecule has 4 rings (SSSR count). The molecule has 1 aliphatic rings. The Morgan fingerprint density at radius 2 is 1.67 bits per heavy atom. The van der Waals surface area contributed by atoms with Crippen molar-refractivity contribution in [2.45, 2.75) is 6.54 Å². The first-order valence-electron chi connectivity index (χ1n) is 10.7. The molecule has 3 aromatic rings. The number of nitrogens with one attached hydrogen (secondary N) is 1. The smallest absolute Gasteiger partial charge is 0.266 e. The van der Waals surface area contributed by atoms with Gasteiger partial charge in [0, 0.05) is 55.8 Å². The zero-order valence-electron chi connectivity index (χ0n) is 18.1. The molecule has 10 heteroatoms. The fraction of sp³-hybridized carbons (Fsp3) is 0.304. The van der Waals surface area contributed by atoms with Gasteiger partial charge in [-0.25, -0.2) is 4.98 Å². The van der Waals surface area contributed by atoms with Crippen molar-refractivity contribution in [2.75, 3.05) is 43.8 Å². The molecule has 1 fully saturated rings. The van der Waals surface area contributed by atoms with Gasteiger partial charge in [-0.3, -0.25) is 24.5 Å². The van der Waals surface area contributed by atoms with Gasteiger partial charge in [0.2, 0.25) is 0 Å². The summed E-state index contributed by atoms with van der Waals surface area (Å²) in [6, 6.07) is 17.4. The van der Waals surface area contributed by atoms with Crippen molar-refractivity contribution in [3.8, 4) is 11.3 Å². The number of carbonyl (C=O) groups is 1. The van der Waals surface area contributed by atoms with E-state index in [0.29, 0.717) is 17.2 Å². The van der Waals surface area contributed by atoms with Gasteiger partial charge in [0.15, 0.2) is 5.13 Å². The third-order valence-corrected chi connectivity index (χ3v) is 7.00. The number of rotatable bonds is 8. The molecule has 1 aromatic heterocycles. The predicted molar refractivity (Wildman–Crippen MR) is 130 cm³/mol. The molecular formula is C23H26N4O4S2. The van der Waals surface area contributed by atoms with Crippen LogP contribution in [0, 0.1) is 0 Å². The number of hydrogen-bond donors (Lipinski definition) is 2. The van der Waals surface area contributed by atoms with E-state index in [9.17, 15) is 13.2 Å². The van der Waals surface area contributed by atoms with Gasteiger partial charge < -0.3 is 0 Å². The lowest BCUT2D eigenvalue weighted by Crippen LogP contribution is -2.47. The minimum Gasteiger partial charge on any atom is -0.300 e. The molecule has 0 atom stereocenters. The lowest BCUT2D eigenvalue weighted by molar-refractivity contribution is 0.102. The zero-order chi connectivity index (χ0) is 23.3. The second kappa shape index (κ2) is 10.5. The van der Waals surface area contributed by atoms with Crippen LogP contribution in [-0.2, 0) is 16.7 Å². The van der Waals surface area contributed by atoms with E-state index in [0.717, 1.165) is 49.5 Å². The van der Waals surface area contributed by atoms with E-state index < -0.39 is 10.1 Å². The van der Waals surface area contributed by atoms with E-state index in [1.807, 2.05) is 64.9 Å². The number of anilines is 1. The van der Waals surface area contributed by atoms with Gasteiger partial charge in [-0.15, -0.1) is 11.3 Å². The molecule has 1 aliphatic heterocycles. The van der Waals surface area contributed by atoms with Crippen LogP contribution in [0.15, 0.2) is 60.0 Å². The molecule has 0 saturated carbocycles. The monoisotopic (exact) mass is 486 g/mol. The number of thiazole rings is 1. The van der Waals surface area contributed by atoms with Gasteiger partial charge in [-0.2, -0.15) is 8.42 Å². The number of piperazine rings is 1. The number of hydrogen-bond acceptors (Lipinski definition) is 7. The predicted octanol–water partition coefficient (Wildman–Crippen LogP) is 3.07. The highest BCUT2D eigenvalue weighted by Gasteiger charge is 2.19. The average Bonchev–Trinajstić information content (AvgIpc) is 3.28. The second-order valence-corrected chi connectivity index (χ2v) is 10.4. The van der Waals surface area contributed by atoms with Crippen LogP contribution in [0.2, 0.25) is 0 Å². The Morgan fingerprint density at radius 1 is 1.00 bits per heavy atom. The van der Waals surface area contributed by atoms with Crippen molar-refractivity contribution in [3.63, 3.8) is 0 Å². The van der Waals surface area contributed by atoms with Gasteiger partial charge in [0.25, 0.3) is 16.0 Å². The zero-order valence-corrected chi connectivity index (χ0v) is 19.7. The maximum Gasteiger partial charge on any atom is 0.266 e. The summed E-state index contributed by atoms with van der Waals surface area (Å²) in [6.07, 6.45) is 0. The molecule has 2 heterocycles. The Morgan fingerprint density at radius 3 is 2.33 bits per heavy atom. The maximum absolute atomic E-state index is 12.6. The third-order valence-electron chi connectivity index (χ3n) is 5.55. The van der Waals surface area contributed by atoms with Crippen LogP contribution in [-0.4, -0.2) is 72.1 Å². The van der Waals surface area contributed by atoms with Crippen LogP contribution >= 0.6 is 11.3 Å². The number of aromatic nitrogens is 1. The van der Waals surface area contributed by atoms with Crippen molar-refractivity contribution >= 4 is 32.5 Å². The summed E-state index contributed by atoms with van der Waals surface area (Å²) in [7, 11) is -3.92. The third kappa shape index (κ3) is 6.92. The molecule has 2 N–H and O–H groups in total. The van der Waals surface area contributed by atoms with Crippen molar-refractivity contribution in [1.82, 2.24) is 14.8 Å². The van der Waals surface area contributed by atoms with Crippen molar-refractivity contribution in [2.24, 2.45) is 0 Å². The Hall–Kier alpha value is -2.63. The molecule has 8 nitrogen and oxygen atoms in total. The Bertz CT molecular complexity index is 1170. The molecule has 0 unspecified atom stereocenters. The number of amides is 1. The van der Waals surface area contributed by atoms with Crippen LogP contribution in [0.5, 0.6) is 0 Å². The molecule has 0 aliphatic carbocycles. The minimum absolute atomic E-state index is 0.192. The van der Waals surface area contributed by atoms with Gasteiger partial charge in [-0.05, 0) is 17.7 Å². The standard InChI is InChI=1S/C23H26N4O4S2/c28-22(25-23-24-21(17-32-23)19-4-2-1-3-5-19)20-8-6-18(7-9-20)16-27-12-10-26(11-13-27)14-15-33(29,30)31/h1-9,17H,10-16H2,(H,24,25,28)(H,29,30,31). The number of carbonyl (C=O) groups excluding carboxylic acids is 1. The normalized spacial score (nSPS) is 15.4. The van der Waals surface area contributed by atoms with Gasteiger partial charge in [-0.1, -0.05) is 42.5 Å². The fourth-order valence-electron chi connectivity index (χ4n) is 3.68. The number of benzene rings is 2. The first-order valence-corrected chi connectivity index (χ1v) is 13.2. The van der Waals surface area contributed by atoms with Crippen LogP contribution in [0.4, 0.5) is 5.13 Å². The van der Waals surface area contributed by atoms with Gasteiger partial charge in [0.1, 0.15) is 0 Å². The molecule has 0 radical (unpaired) electrons.